The number of carboxylic acid groups (broad SMARTS) is 1. The van der Waals surface area contributed by atoms with E-state index in [0.717, 1.165) is 77.0 Å². The third-order valence-corrected chi connectivity index (χ3v) is 8.87. The molecule has 0 aromatic carbocycles. The Balaban J connectivity index is 4.53. The van der Waals surface area contributed by atoms with E-state index in [9.17, 15) is 19.5 Å². The number of nitrogens with zero attached hydrogens (tertiary/aromatic N) is 1. The van der Waals surface area contributed by atoms with Crippen molar-refractivity contribution in [3.63, 3.8) is 0 Å². The molecule has 0 aliphatic rings. The van der Waals surface area contributed by atoms with Crippen LogP contribution in [0.25, 0.3) is 0 Å². The van der Waals surface area contributed by atoms with Crippen molar-refractivity contribution in [3.8, 4) is 0 Å². The molecule has 0 aromatic heterocycles. The molecule has 9 heteroatoms. The van der Waals surface area contributed by atoms with Crippen molar-refractivity contribution in [1.82, 2.24) is 0 Å². The Hall–Kier alpha value is -2.49. The van der Waals surface area contributed by atoms with Gasteiger partial charge in [0.2, 0.25) is 0 Å². The van der Waals surface area contributed by atoms with Gasteiger partial charge in [-0.1, -0.05) is 121 Å². The highest BCUT2D eigenvalue weighted by molar-refractivity contribution is 5.71. The summed E-state index contributed by atoms with van der Waals surface area (Å²) < 4.78 is 22.7. The van der Waals surface area contributed by atoms with E-state index in [2.05, 4.69) is 50.3 Å². The molecular weight excluding hydrogens is 670 g/mol. The van der Waals surface area contributed by atoms with Crippen LogP contribution in [0.3, 0.4) is 0 Å². The van der Waals surface area contributed by atoms with E-state index in [1.54, 1.807) is 0 Å². The van der Waals surface area contributed by atoms with Gasteiger partial charge >= 0.3 is 17.9 Å². The maximum absolute atomic E-state index is 12.7. The van der Waals surface area contributed by atoms with Gasteiger partial charge in [-0.3, -0.25) is 9.59 Å². The van der Waals surface area contributed by atoms with Crippen LogP contribution in [0.4, 0.5) is 0 Å². The first kappa shape index (κ1) is 50.5. The first-order valence-corrected chi connectivity index (χ1v) is 21.2. The first-order valence-electron chi connectivity index (χ1n) is 21.2. The van der Waals surface area contributed by atoms with Gasteiger partial charge in [0.05, 0.1) is 34.4 Å². The smallest absolute Gasteiger partial charge is 0.361 e. The average Bonchev–Trinajstić information content (AvgIpc) is 3.11. The Morgan fingerprint density at radius 2 is 1.02 bits per heavy atom. The predicted octanol–water partition coefficient (Wildman–Crippen LogP) is 10.7. The molecule has 0 saturated carbocycles. The summed E-state index contributed by atoms with van der Waals surface area (Å²) in [5.41, 5.74) is 0. The van der Waals surface area contributed by atoms with Gasteiger partial charge in [0.15, 0.2) is 6.10 Å². The molecule has 0 saturated heterocycles. The SMILES string of the molecule is CCCCC/C=C\C/C=C\CCCCCCCC(=O)OC(COC(=O)CCCCCCC/C=C\CCCCCC)COC(OCC[N+](C)(C)C)C(=O)O. The minimum atomic E-state index is -1.51. The van der Waals surface area contributed by atoms with Crippen molar-refractivity contribution in [1.29, 1.82) is 0 Å². The van der Waals surface area contributed by atoms with E-state index in [0.29, 0.717) is 17.4 Å². The van der Waals surface area contributed by atoms with Crippen LogP contribution >= 0.6 is 0 Å². The van der Waals surface area contributed by atoms with Gasteiger partial charge in [0, 0.05) is 12.8 Å². The summed E-state index contributed by atoms with van der Waals surface area (Å²) in [6.45, 7) is 4.79. The Bertz CT molecular complexity index is 971. The zero-order valence-corrected chi connectivity index (χ0v) is 34.7. The van der Waals surface area contributed by atoms with Crippen LogP contribution in [0.2, 0.25) is 0 Å². The predicted molar refractivity (Wildman–Crippen MR) is 217 cm³/mol. The van der Waals surface area contributed by atoms with Crippen LogP contribution in [0.5, 0.6) is 0 Å². The fourth-order valence-corrected chi connectivity index (χ4v) is 5.51. The number of hydrogen-bond acceptors (Lipinski definition) is 7. The summed E-state index contributed by atoms with van der Waals surface area (Å²) in [6, 6.07) is 0. The molecule has 308 valence electrons. The van der Waals surface area contributed by atoms with Gasteiger partial charge < -0.3 is 28.5 Å². The lowest BCUT2D eigenvalue weighted by Crippen LogP contribution is -2.40. The maximum Gasteiger partial charge on any atom is 0.361 e. The number of hydrogen-bond donors (Lipinski definition) is 1. The molecule has 0 amide bonds. The van der Waals surface area contributed by atoms with Crippen molar-refractivity contribution in [2.24, 2.45) is 0 Å². The number of likely N-dealkylation sites (N-methyl/N-ethyl adjacent to an activating group) is 1. The van der Waals surface area contributed by atoms with Gasteiger partial charge in [-0.15, -0.1) is 0 Å². The van der Waals surface area contributed by atoms with Crippen LogP contribution in [-0.2, 0) is 33.3 Å². The maximum atomic E-state index is 12.7. The molecule has 0 spiro atoms. The summed E-state index contributed by atoms with van der Waals surface area (Å²) in [5.74, 6) is -2.04. The lowest BCUT2D eigenvalue weighted by atomic mass is 10.1. The number of carbonyl (C=O) groups excluding carboxylic acids is 2. The highest BCUT2D eigenvalue weighted by Crippen LogP contribution is 2.12. The summed E-state index contributed by atoms with van der Waals surface area (Å²) in [5, 5.41) is 9.61. The van der Waals surface area contributed by atoms with Crippen molar-refractivity contribution in [2.45, 2.75) is 180 Å². The summed E-state index contributed by atoms with van der Waals surface area (Å²) in [7, 11) is 5.94. The topological polar surface area (TPSA) is 108 Å². The number of carboxylic acids is 1. The quantitative estimate of drug-likeness (QED) is 0.0218. The molecule has 2 unspecified atom stereocenters. The largest absolute Gasteiger partial charge is 0.477 e. The molecule has 0 aliphatic heterocycles. The summed E-state index contributed by atoms with van der Waals surface area (Å²) in [4.78, 5) is 37.0. The molecule has 53 heavy (non-hydrogen) atoms. The van der Waals surface area contributed by atoms with Gasteiger partial charge in [-0.05, 0) is 70.6 Å². The zero-order valence-electron chi connectivity index (χ0n) is 34.7. The average molecular weight is 751 g/mol. The molecule has 0 rings (SSSR count). The molecule has 0 radical (unpaired) electrons. The number of carbonyl (C=O) groups is 3. The van der Waals surface area contributed by atoms with Crippen LogP contribution in [0, 0.1) is 0 Å². The Labute approximate surface area is 324 Å². The van der Waals surface area contributed by atoms with Crippen LogP contribution < -0.4 is 0 Å². The first-order chi connectivity index (χ1) is 25.6. The fourth-order valence-electron chi connectivity index (χ4n) is 5.51. The van der Waals surface area contributed by atoms with E-state index >= 15 is 0 Å². The monoisotopic (exact) mass is 751 g/mol. The van der Waals surface area contributed by atoms with Gasteiger partial charge in [0.25, 0.3) is 6.29 Å². The second-order valence-corrected chi connectivity index (χ2v) is 15.3. The minimum absolute atomic E-state index is 0.183. The van der Waals surface area contributed by atoms with E-state index in [4.69, 9.17) is 18.9 Å². The van der Waals surface area contributed by atoms with E-state index in [-0.39, 0.29) is 38.6 Å². The van der Waals surface area contributed by atoms with Crippen molar-refractivity contribution in [2.75, 3.05) is 47.5 Å². The van der Waals surface area contributed by atoms with E-state index in [1.165, 1.54) is 57.8 Å². The molecule has 1 N–H and O–H groups in total. The molecule has 0 fully saturated rings. The lowest BCUT2D eigenvalue weighted by molar-refractivity contribution is -0.870. The number of unbranched alkanes of at least 4 members (excludes halogenated alkanes) is 17. The van der Waals surface area contributed by atoms with E-state index in [1.807, 2.05) is 21.1 Å². The Morgan fingerprint density at radius 3 is 1.55 bits per heavy atom. The number of esters is 2. The molecule has 0 heterocycles. The number of aliphatic carboxylic acids is 1. The molecular formula is C44H80NO8+. The summed E-state index contributed by atoms with van der Waals surface area (Å²) in [6.07, 6.45) is 36.2. The third-order valence-electron chi connectivity index (χ3n) is 8.87. The van der Waals surface area contributed by atoms with Crippen molar-refractivity contribution >= 4 is 17.9 Å². The minimum Gasteiger partial charge on any atom is -0.477 e. The number of ether oxygens (including phenoxy) is 4. The highest BCUT2D eigenvalue weighted by atomic mass is 16.7. The van der Waals surface area contributed by atoms with E-state index < -0.39 is 24.3 Å². The Kier molecular flexibility index (Phi) is 34.8. The number of allylic oxidation sites excluding steroid dienone is 6. The van der Waals surface area contributed by atoms with Crippen LogP contribution in [0.15, 0.2) is 36.5 Å². The molecule has 0 aliphatic carbocycles. The normalized spacial score (nSPS) is 13.3. The summed E-state index contributed by atoms with van der Waals surface area (Å²) >= 11 is 0. The molecule has 2 atom stereocenters. The number of quaternary nitrogens is 1. The lowest BCUT2D eigenvalue weighted by Gasteiger charge is -2.25. The second kappa shape index (κ2) is 36.5. The van der Waals surface area contributed by atoms with Crippen LogP contribution in [0.1, 0.15) is 168 Å². The van der Waals surface area contributed by atoms with Gasteiger partial charge in [-0.25, -0.2) is 4.79 Å². The van der Waals surface area contributed by atoms with Gasteiger partial charge in [-0.2, -0.15) is 0 Å². The fraction of sp³-hybridized carbons (Fsp3) is 0.795. The third kappa shape index (κ3) is 37.6. The molecule has 0 bridgehead atoms. The van der Waals surface area contributed by atoms with Gasteiger partial charge in [0.1, 0.15) is 13.2 Å². The van der Waals surface area contributed by atoms with Crippen LogP contribution in [-0.4, -0.2) is 87.4 Å². The van der Waals surface area contributed by atoms with Crippen molar-refractivity contribution < 1.29 is 42.9 Å². The second-order valence-electron chi connectivity index (χ2n) is 15.3. The zero-order chi connectivity index (χ0) is 39.3. The Morgan fingerprint density at radius 1 is 0.566 bits per heavy atom. The molecule has 9 nitrogen and oxygen atoms in total. The highest BCUT2D eigenvalue weighted by Gasteiger charge is 2.25. The standard InChI is InChI=1S/C44H79NO8/c1-6-8-10-12-14-16-18-20-21-23-25-27-29-31-33-35-42(47)53-40(39-52-44(43(48)49)50-37-36-45(3,4)5)38-51-41(46)34-32-30-28-26-24-22-19-17-15-13-11-9-7-2/h14,16-17,19-21,40,44H,6-13,15,18,22-39H2,1-5H3/p+1/b16-14-,19-17-,21-20-. The molecule has 0 aromatic rings. The van der Waals surface area contributed by atoms with Crippen molar-refractivity contribution in [3.05, 3.63) is 36.5 Å². The number of rotatable bonds is 38.